The summed E-state index contributed by atoms with van der Waals surface area (Å²) in [5.74, 6) is 2.58. The number of hydrogen-bond acceptors (Lipinski definition) is 5. The average molecular weight is 379 g/mol. The van der Waals surface area contributed by atoms with E-state index >= 15 is 0 Å². The molecule has 2 aromatic heterocycles. The Morgan fingerprint density at radius 1 is 1.21 bits per heavy atom. The molecule has 0 spiro atoms. The van der Waals surface area contributed by atoms with Crippen molar-refractivity contribution in [2.45, 2.75) is 33.2 Å². The second-order valence-corrected chi connectivity index (χ2v) is 6.99. The highest BCUT2D eigenvalue weighted by molar-refractivity contribution is 6.00. The number of rotatable bonds is 6. The number of aryl methyl sites for hydroxylation is 1. The molecule has 0 aliphatic rings. The molecule has 0 radical (unpaired) electrons. The highest BCUT2D eigenvalue weighted by Gasteiger charge is 2.19. The first-order valence-corrected chi connectivity index (χ1v) is 9.19. The summed E-state index contributed by atoms with van der Waals surface area (Å²) in [4.78, 5) is 6.31. The average Bonchev–Trinajstić information content (AvgIpc) is 3.17. The van der Waals surface area contributed by atoms with Crippen molar-refractivity contribution in [2.75, 3.05) is 7.05 Å². The lowest BCUT2D eigenvalue weighted by molar-refractivity contribution is 0.302. The Morgan fingerprint density at radius 3 is 2.71 bits per heavy atom. The third-order valence-corrected chi connectivity index (χ3v) is 4.41. The maximum atomic E-state index is 9.69. The molecule has 28 heavy (non-hydrogen) atoms. The molecule has 146 valence electrons. The maximum Gasteiger partial charge on any atom is 0.230 e. The molecule has 3 aromatic rings. The Labute approximate surface area is 165 Å². The Morgan fingerprint density at radius 2 is 2.04 bits per heavy atom. The zero-order valence-corrected chi connectivity index (χ0v) is 16.6. The van der Waals surface area contributed by atoms with Gasteiger partial charge in [-0.15, -0.1) is 0 Å². The van der Waals surface area contributed by atoms with E-state index in [9.17, 15) is 5.21 Å². The van der Waals surface area contributed by atoms with E-state index in [1.807, 2.05) is 56.4 Å². The van der Waals surface area contributed by atoms with E-state index in [1.54, 1.807) is 11.2 Å². The Bertz CT molecular complexity index is 949. The lowest BCUT2D eigenvalue weighted by Crippen LogP contribution is -2.27. The topological polar surface area (TPSA) is 71.1 Å². The fourth-order valence-corrected chi connectivity index (χ4v) is 2.88. The fourth-order valence-electron chi connectivity index (χ4n) is 2.88. The molecule has 0 aliphatic heterocycles. The summed E-state index contributed by atoms with van der Waals surface area (Å²) < 4.78 is 11.5. The van der Waals surface area contributed by atoms with E-state index in [1.165, 1.54) is 5.56 Å². The fraction of sp³-hybridized carbons (Fsp3) is 0.273. The summed E-state index contributed by atoms with van der Waals surface area (Å²) in [6.45, 7) is 6.61. The van der Waals surface area contributed by atoms with Gasteiger partial charge in [0.2, 0.25) is 5.88 Å². The van der Waals surface area contributed by atoms with Gasteiger partial charge in [0.25, 0.3) is 0 Å². The molecule has 3 rings (SSSR count). The molecule has 0 saturated heterocycles. The molecule has 2 heterocycles. The number of nitrogens with zero attached hydrogens (tertiary/aromatic N) is 3. The van der Waals surface area contributed by atoms with Gasteiger partial charge in [0.05, 0.1) is 18.4 Å². The van der Waals surface area contributed by atoms with Gasteiger partial charge in [-0.3, -0.25) is 0 Å². The van der Waals surface area contributed by atoms with Crippen LogP contribution in [-0.2, 0) is 6.54 Å². The van der Waals surface area contributed by atoms with Crippen LogP contribution < -0.4 is 4.74 Å². The van der Waals surface area contributed by atoms with Gasteiger partial charge in [-0.25, -0.2) is 4.98 Å². The molecule has 1 aromatic carbocycles. The van der Waals surface area contributed by atoms with Gasteiger partial charge in [-0.2, -0.15) is 0 Å². The first kappa shape index (κ1) is 19.5. The van der Waals surface area contributed by atoms with Crippen molar-refractivity contribution in [3.05, 3.63) is 77.4 Å². The van der Waals surface area contributed by atoms with Crippen molar-refractivity contribution in [2.24, 2.45) is 5.16 Å². The first-order valence-electron chi connectivity index (χ1n) is 9.19. The zero-order chi connectivity index (χ0) is 20.1. The summed E-state index contributed by atoms with van der Waals surface area (Å²) in [6, 6.07) is 15.3. The molecule has 0 fully saturated rings. The van der Waals surface area contributed by atoms with Gasteiger partial charge in [-0.05, 0) is 54.8 Å². The van der Waals surface area contributed by atoms with Crippen molar-refractivity contribution in [3.8, 4) is 11.6 Å². The maximum absolute atomic E-state index is 9.69. The van der Waals surface area contributed by atoms with Crippen molar-refractivity contribution in [3.63, 3.8) is 0 Å². The van der Waals surface area contributed by atoms with Crippen LogP contribution in [-0.4, -0.2) is 28.0 Å². The lowest BCUT2D eigenvalue weighted by Gasteiger charge is -2.20. The van der Waals surface area contributed by atoms with Crippen LogP contribution in [0.4, 0.5) is 0 Å². The molecule has 0 saturated carbocycles. The number of ether oxygens (including phenoxy) is 1. The summed E-state index contributed by atoms with van der Waals surface area (Å²) in [5, 5.41) is 13.2. The van der Waals surface area contributed by atoms with Crippen molar-refractivity contribution in [1.82, 2.24) is 9.88 Å². The Hall–Kier alpha value is -3.28. The monoisotopic (exact) mass is 379 g/mol. The predicted molar refractivity (Wildman–Crippen MR) is 108 cm³/mol. The number of furan rings is 1. The van der Waals surface area contributed by atoms with Crippen LogP contribution in [0.5, 0.6) is 11.6 Å². The van der Waals surface area contributed by atoms with Crippen molar-refractivity contribution in [1.29, 1.82) is 0 Å². The number of hydrogen-bond donors (Lipinski definition) is 1. The summed E-state index contributed by atoms with van der Waals surface area (Å²) in [7, 11) is 1.82. The van der Waals surface area contributed by atoms with E-state index in [4.69, 9.17) is 9.15 Å². The molecule has 1 N–H and O–H groups in total. The molecule has 6 heteroatoms. The molecule has 0 aliphatic carbocycles. The third-order valence-electron chi connectivity index (χ3n) is 4.41. The molecule has 0 bridgehead atoms. The highest BCUT2D eigenvalue weighted by Crippen LogP contribution is 2.28. The SMILES string of the molecule is Cc1ccc(/C(=N/O)N(C)Cc2ccco2)c(Oc2cccc(C(C)C)c2)n1. The van der Waals surface area contributed by atoms with Gasteiger partial charge < -0.3 is 19.3 Å². The van der Waals surface area contributed by atoms with Gasteiger partial charge >= 0.3 is 0 Å². The van der Waals surface area contributed by atoms with Gasteiger partial charge in [0.15, 0.2) is 5.84 Å². The number of aromatic nitrogens is 1. The van der Waals surface area contributed by atoms with Crippen LogP contribution in [0.2, 0.25) is 0 Å². The second-order valence-electron chi connectivity index (χ2n) is 6.99. The molecular weight excluding hydrogens is 354 g/mol. The second kappa shape index (κ2) is 8.61. The van der Waals surface area contributed by atoms with Crippen LogP contribution >= 0.6 is 0 Å². The molecule has 6 nitrogen and oxygen atoms in total. The lowest BCUT2D eigenvalue weighted by atomic mass is 10.0. The van der Waals surface area contributed by atoms with Crippen LogP contribution in [0, 0.1) is 6.92 Å². The quantitative estimate of drug-likeness (QED) is 0.277. The van der Waals surface area contributed by atoms with E-state index in [-0.39, 0.29) is 0 Å². The minimum absolute atomic E-state index is 0.346. The van der Waals surface area contributed by atoms with Crippen LogP contribution in [0.3, 0.4) is 0 Å². The summed E-state index contributed by atoms with van der Waals surface area (Å²) in [6.07, 6.45) is 1.61. The Kier molecular flexibility index (Phi) is 5.99. The van der Waals surface area contributed by atoms with Gasteiger partial charge in [0.1, 0.15) is 11.5 Å². The summed E-state index contributed by atoms with van der Waals surface area (Å²) >= 11 is 0. The van der Waals surface area contributed by atoms with Crippen LogP contribution in [0.25, 0.3) is 0 Å². The molecular formula is C22H25N3O3. The van der Waals surface area contributed by atoms with E-state index in [0.29, 0.717) is 35.5 Å². The number of amidine groups is 1. The minimum Gasteiger partial charge on any atom is -0.467 e. The van der Waals surface area contributed by atoms with Crippen molar-refractivity contribution < 1.29 is 14.4 Å². The molecule has 0 amide bonds. The number of benzene rings is 1. The smallest absolute Gasteiger partial charge is 0.230 e. The largest absolute Gasteiger partial charge is 0.467 e. The number of pyridine rings is 1. The normalized spacial score (nSPS) is 11.7. The number of oxime groups is 1. The van der Waals surface area contributed by atoms with E-state index in [0.717, 1.165) is 11.5 Å². The predicted octanol–water partition coefficient (Wildman–Crippen LogP) is 5.17. The van der Waals surface area contributed by atoms with E-state index < -0.39 is 0 Å². The van der Waals surface area contributed by atoms with Gasteiger partial charge in [0, 0.05) is 12.7 Å². The van der Waals surface area contributed by atoms with Crippen LogP contribution in [0.15, 0.2) is 64.4 Å². The third kappa shape index (κ3) is 4.52. The first-order chi connectivity index (χ1) is 13.5. The molecule has 0 atom stereocenters. The minimum atomic E-state index is 0.346. The van der Waals surface area contributed by atoms with Crippen molar-refractivity contribution >= 4 is 5.84 Å². The highest BCUT2D eigenvalue weighted by atomic mass is 16.5. The zero-order valence-electron chi connectivity index (χ0n) is 16.6. The van der Waals surface area contributed by atoms with Gasteiger partial charge in [-0.1, -0.05) is 31.1 Å². The van der Waals surface area contributed by atoms with Crippen LogP contribution in [0.1, 0.15) is 42.3 Å². The Balaban J connectivity index is 1.92. The standard InChI is InChI=1S/C22H25N3O3/c1-15(2)17-7-5-8-18(13-17)28-22-20(11-10-16(3)23-22)21(24-26)25(4)14-19-9-6-12-27-19/h5-13,15,26H,14H2,1-4H3/b24-21-. The molecule has 0 unspecified atom stereocenters. The van der Waals surface area contributed by atoms with E-state index in [2.05, 4.69) is 30.1 Å². The summed E-state index contributed by atoms with van der Waals surface area (Å²) in [5.41, 5.74) is 2.58.